The smallest absolute Gasteiger partial charge is 0.176 e. The van der Waals surface area contributed by atoms with Gasteiger partial charge in [-0.3, -0.25) is 0 Å². The molecule has 14 heavy (non-hydrogen) atoms. The normalized spacial score (nSPS) is 11.4. The van der Waals surface area contributed by atoms with Gasteiger partial charge >= 0.3 is 0 Å². The van der Waals surface area contributed by atoms with Gasteiger partial charge in [0.15, 0.2) is 9.84 Å². The van der Waals surface area contributed by atoms with Crippen LogP contribution in [0.1, 0.15) is 5.56 Å². The van der Waals surface area contributed by atoms with E-state index < -0.39 is 9.84 Å². The molecule has 0 saturated heterocycles. The first kappa shape index (κ1) is 10.5. The molecule has 72 valence electrons. The molecule has 0 aliphatic carbocycles. The minimum atomic E-state index is -3.30. The Kier molecular flexibility index (Phi) is 3.43. The molecule has 0 aliphatic heterocycles. The lowest BCUT2D eigenvalue weighted by Gasteiger charge is -1.97. The predicted octanol–water partition coefficient (Wildman–Crippen LogP) is 1.64. The molecule has 4 heteroatoms. The summed E-state index contributed by atoms with van der Waals surface area (Å²) in [5, 5.41) is 9.12. The van der Waals surface area contributed by atoms with Gasteiger partial charge in [0.25, 0.3) is 0 Å². The molecule has 0 aromatic heterocycles. The van der Waals surface area contributed by atoms with E-state index in [9.17, 15) is 8.42 Å². The van der Waals surface area contributed by atoms with Gasteiger partial charge < -0.3 is 0 Å². The number of benzene rings is 1. The fraction of sp³-hybridized carbons (Fsp3) is 0.100. The highest BCUT2D eigenvalue weighted by Crippen LogP contribution is 2.06. The first-order chi connectivity index (χ1) is 6.64. The molecule has 3 nitrogen and oxygen atoms in total. The fourth-order valence-electron chi connectivity index (χ4n) is 0.989. The van der Waals surface area contributed by atoms with E-state index >= 15 is 0 Å². The van der Waals surface area contributed by atoms with Gasteiger partial charge in [-0.15, -0.1) is 0 Å². The molecular formula is C10H9NO2S. The van der Waals surface area contributed by atoms with E-state index in [1.165, 1.54) is 0 Å². The monoisotopic (exact) mass is 207 g/mol. The number of nitriles is 1. The van der Waals surface area contributed by atoms with Gasteiger partial charge in [-0.1, -0.05) is 30.3 Å². The molecule has 0 amide bonds. The summed E-state index contributed by atoms with van der Waals surface area (Å²) in [6.07, 6.45) is 0.971. The number of nitrogens with zero attached hydrogens (tertiary/aromatic N) is 1. The van der Waals surface area contributed by atoms with Crippen molar-refractivity contribution in [1.82, 2.24) is 0 Å². The van der Waals surface area contributed by atoms with Crippen LogP contribution in [0.15, 0.2) is 41.8 Å². The Bertz CT molecular complexity index is 455. The van der Waals surface area contributed by atoms with Crippen LogP contribution in [0.5, 0.6) is 0 Å². The lowest BCUT2D eigenvalue weighted by Crippen LogP contribution is -1.99. The van der Waals surface area contributed by atoms with Crippen molar-refractivity contribution in [2.24, 2.45) is 0 Å². The molecule has 0 bridgehead atoms. The molecule has 0 N–H and O–H groups in total. The predicted molar refractivity (Wildman–Crippen MR) is 53.8 cm³/mol. The van der Waals surface area contributed by atoms with E-state index in [1.807, 2.05) is 6.07 Å². The van der Waals surface area contributed by atoms with Crippen molar-refractivity contribution in [3.8, 4) is 6.07 Å². The van der Waals surface area contributed by atoms with Crippen LogP contribution >= 0.6 is 0 Å². The minimum absolute atomic E-state index is 0.0635. The average Bonchev–Trinajstić information content (AvgIpc) is 2.16. The Balaban J connectivity index is 2.81. The van der Waals surface area contributed by atoms with Crippen molar-refractivity contribution in [2.75, 3.05) is 0 Å². The second-order valence-electron chi connectivity index (χ2n) is 2.72. The zero-order valence-corrected chi connectivity index (χ0v) is 8.24. The maximum Gasteiger partial charge on any atom is 0.176 e. The van der Waals surface area contributed by atoms with E-state index in [2.05, 4.69) is 0 Å². The molecule has 0 aliphatic rings. The molecule has 0 radical (unpaired) electrons. The quantitative estimate of drug-likeness (QED) is 0.708. The van der Waals surface area contributed by atoms with E-state index in [1.54, 1.807) is 30.3 Å². The second kappa shape index (κ2) is 4.58. The fourth-order valence-corrected chi connectivity index (χ4v) is 2.01. The Morgan fingerprint density at radius 2 is 1.93 bits per heavy atom. The van der Waals surface area contributed by atoms with Gasteiger partial charge in [-0.25, -0.2) is 8.42 Å². The maximum absolute atomic E-state index is 11.3. The summed E-state index contributed by atoms with van der Waals surface area (Å²) in [7, 11) is -3.30. The topological polar surface area (TPSA) is 57.9 Å². The number of allylic oxidation sites excluding steroid dienone is 1. The zero-order valence-electron chi connectivity index (χ0n) is 7.42. The lowest BCUT2D eigenvalue weighted by molar-refractivity contribution is 0.604. The molecular weight excluding hydrogens is 198 g/mol. The lowest BCUT2D eigenvalue weighted by atomic mass is 10.2. The van der Waals surface area contributed by atoms with Crippen LogP contribution < -0.4 is 0 Å². The number of sulfone groups is 1. The van der Waals surface area contributed by atoms with Crippen LogP contribution in [0.25, 0.3) is 0 Å². The maximum atomic E-state index is 11.3. The third-order valence-corrected chi connectivity index (χ3v) is 2.85. The third kappa shape index (κ3) is 3.42. The van der Waals surface area contributed by atoms with Crippen molar-refractivity contribution in [2.45, 2.75) is 5.75 Å². The van der Waals surface area contributed by atoms with Crippen molar-refractivity contribution in [1.29, 1.82) is 5.26 Å². The standard InChI is InChI=1S/C10H9NO2S/c11-7-4-8-14(12,13)9-10-5-2-1-3-6-10/h1-6,8H,9H2/b8-4+. The summed E-state index contributed by atoms with van der Waals surface area (Å²) < 4.78 is 22.6. The summed E-state index contributed by atoms with van der Waals surface area (Å²) in [5.41, 5.74) is 0.718. The number of hydrogen-bond acceptors (Lipinski definition) is 3. The van der Waals surface area contributed by atoms with Crippen molar-refractivity contribution in [3.05, 3.63) is 47.4 Å². The molecule has 0 unspecified atom stereocenters. The highest BCUT2D eigenvalue weighted by atomic mass is 32.2. The second-order valence-corrected chi connectivity index (χ2v) is 4.61. The van der Waals surface area contributed by atoms with Crippen LogP contribution in [0.2, 0.25) is 0 Å². The van der Waals surface area contributed by atoms with Gasteiger partial charge in [-0.05, 0) is 5.56 Å². The average molecular weight is 207 g/mol. The van der Waals surface area contributed by atoms with E-state index in [0.717, 1.165) is 17.0 Å². The highest BCUT2D eigenvalue weighted by Gasteiger charge is 2.06. The van der Waals surface area contributed by atoms with Gasteiger partial charge in [0.2, 0.25) is 0 Å². The SMILES string of the molecule is N#C/C=C/S(=O)(=O)Cc1ccccc1. The molecule has 1 aromatic carbocycles. The zero-order chi connectivity index (χ0) is 10.4. The van der Waals surface area contributed by atoms with Crippen LogP contribution in [0, 0.1) is 11.3 Å². The van der Waals surface area contributed by atoms with E-state index in [4.69, 9.17) is 5.26 Å². The Morgan fingerprint density at radius 3 is 2.50 bits per heavy atom. The van der Waals surface area contributed by atoms with Gasteiger partial charge in [-0.2, -0.15) is 5.26 Å². The molecule has 0 atom stereocenters. The summed E-state index contributed by atoms with van der Waals surface area (Å²) >= 11 is 0. The summed E-state index contributed by atoms with van der Waals surface area (Å²) in [6, 6.07) is 10.5. The van der Waals surface area contributed by atoms with Gasteiger partial charge in [0.05, 0.1) is 11.8 Å². The Morgan fingerprint density at radius 1 is 1.29 bits per heavy atom. The van der Waals surface area contributed by atoms with Crippen LogP contribution in [0.4, 0.5) is 0 Å². The van der Waals surface area contributed by atoms with Crippen LogP contribution in [-0.2, 0) is 15.6 Å². The molecule has 0 saturated carbocycles. The van der Waals surface area contributed by atoms with Gasteiger partial charge in [0, 0.05) is 11.5 Å². The number of hydrogen-bond donors (Lipinski definition) is 0. The summed E-state index contributed by atoms with van der Waals surface area (Å²) in [4.78, 5) is 0. The first-order valence-corrected chi connectivity index (χ1v) is 5.68. The first-order valence-electron chi connectivity index (χ1n) is 3.97. The number of rotatable bonds is 3. The molecule has 1 aromatic rings. The van der Waals surface area contributed by atoms with E-state index in [0.29, 0.717) is 0 Å². The summed E-state index contributed by atoms with van der Waals surface area (Å²) in [5.74, 6) is -0.0635. The highest BCUT2D eigenvalue weighted by molar-refractivity contribution is 7.93. The van der Waals surface area contributed by atoms with Crippen molar-refractivity contribution >= 4 is 9.84 Å². The molecule has 0 fully saturated rings. The van der Waals surface area contributed by atoms with Crippen LogP contribution in [-0.4, -0.2) is 8.42 Å². The Hall–Kier alpha value is -1.60. The molecule has 0 spiro atoms. The minimum Gasteiger partial charge on any atom is -0.224 e. The van der Waals surface area contributed by atoms with Crippen molar-refractivity contribution in [3.63, 3.8) is 0 Å². The Labute approximate surface area is 83.2 Å². The van der Waals surface area contributed by atoms with E-state index in [-0.39, 0.29) is 5.75 Å². The molecule has 1 rings (SSSR count). The largest absolute Gasteiger partial charge is 0.224 e. The van der Waals surface area contributed by atoms with Gasteiger partial charge in [0.1, 0.15) is 0 Å². The molecule has 0 heterocycles. The summed E-state index contributed by atoms with van der Waals surface area (Å²) in [6.45, 7) is 0. The van der Waals surface area contributed by atoms with Crippen LogP contribution in [0.3, 0.4) is 0 Å². The third-order valence-electron chi connectivity index (χ3n) is 1.56. The van der Waals surface area contributed by atoms with Crippen molar-refractivity contribution < 1.29 is 8.42 Å².